The molecule has 0 radical (unpaired) electrons. The molecule has 3 aliphatic rings. The van der Waals surface area contributed by atoms with Crippen molar-refractivity contribution in [1.82, 2.24) is 5.32 Å². The molecule has 2 aromatic carbocycles. The molecule has 0 unspecified atom stereocenters. The number of hydrogen-bond acceptors (Lipinski definition) is 5. The summed E-state index contributed by atoms with van der Waals surface area (Å²) >= 11 is 12.8. The van der Waals surface area contributed by atoms with Gasteiger partial charge in [-0.05, 0) is 48.9 Å². The number of nitrogens with one attached hydrogen (secondary N) is 1. The number of esters is 1. The first-order valence-corrected chi connectivity index (χ1v) is 12.4. The fourth-order valence-electron chi connectivity index (χ4n) is 5.70. The van der Waals surface area contributed by atoms with Crippen molar-refractivity contribution >= 4 is 52.6 Å². The van der Waals surface area contributed by atoms with Crippen molar-refractivity contribution in [3.63, 3.8) is 0 Å². The van der Waals surface area contributed by atoms with Crippen LogP contribution in [0.4, 0.5) is 5.69 Å². The molecule has 3 fully saturated rings. The molecule has 0 aromatic heterocycles. The number of amides is 3. The fourth-order valence-corrected chi connectivity index (χ4v) is 6.59. The monoisotopic (exact) mass is 514 g/mol. The third kappa shape index (κ3) is 4.10. The van der Waals surface area contributed by atoms with Gasteiger partial charge < -0.3 is 10.1 Å². The first-order valence-electron chi connectivity index (χ1n) is 11.6. The number of nitrogens with zero attached hydrogens (tertiary/aromatic N) is 1. The zero-order valence-electron chi connectivity index (χ0n) is 18.9. The summed E-state index contributed by atoms with van der Waals surface area (Å²) in [6.07, 6.45) is 0.681. The van der Waals surface area contributed by atoms with Gasteiger partial charge in [0, 0.05) is 0 Å². The van der Waals surface area contributed by atoms with E-state index in [1.165, 1.54) is 12.1 Å². The molecule has 7 nitrogen and oxygen atoms in total. The highest BCUT2D eigenvalue weighted by Gasteiger charge is 2.66. The number of ether oxygens (including phenoxy) is 1. The van der Waals surface area contributed by atoms with Crippen LogP contribution >= 0.6 is 23.2 Å². The number of fused-ring (bicyclic) bond motifs is 5. The van der Waals surface area contributed by atoms with Gasteiger partial charge in [-0.2, -0.15) is 0 Å². The van der Waals surface area contributed by atoms with Gasteiger partial charge in [0.05, 0.1) is 39.9 Å². The number of benzene rings is 2. The molecule has 2 aliphatic carbocycles. The molecule has 0 spiro atoms. The van der Waals surface area contributed by atoms with Crippen LogP contribution in [-0.4, -0.2) is 41.1 Å². The van der Waals surface area contributed by atoms with E-state index in [0.717, 1.165) is 10.5 Å². The summed E-state index contributed by atoms with van der Waals surface area (Å²) in [6, 6.07) is 15.3. The molecular weight excluding hydrogens is 491 g/mol. The highest BCUT2D eigenvalue weighted by atomic mass is 35.5. The topological polar surface area (TPSA) is 92.8 Å². The van der Waals surface area contributed by atoms with Crippen LogP contribution in [0.25, 0.3) is 0 Å². The zero-order valence-corrected chi connectivity index (χ0v) is 20.4. The average molecular weight is 515 g/mol. The van der Waals surface area contributed by atoms with E-state index in [9.17, 15) is 19.2 Å². The molecule has 35 heavy (non-hydrogen) atoms. The highest BCUT2D eigenvalue weighted by Crippen LogP contribution is 2.59. The molecule has 2 aromatic rings. The second kappa shape index (κ2) is 9.28. The van der Waals surface area contributed by atoms with Crippen LogP contribution < -0.4 is 10.2 Å². The predicted molar refractivity (Wildman–Crippen MR) is 130 cm³/mol. The molecule has 1 N–H and O–H groups in total. The second-order valence-corrected chi connectivity index (χ2v) is 10.3. The maximum atomic E-state index is 13.2. The van der Waals surface area contributed by atoms with E-state index < -0.39 is 30.3 Å². The SMILES string of the molecule is C[C@H](NC(=O)COC(=O)c1cccc(N2C(=O)[C@@H]3[C@H]4C[C@@H]([C@H](Cl)[C@@H]4Cl)[C@@H]3C2=O)c1)c1ccccc1. The van der Waals surface area contributed by atoms with Crippen molar-refractivity contribution in [2.24, 2.45) is 23.7 Å². The smallest absolute Gasteiger partial charge is 0.338 e. The van der Waals surface area contributed by atoms with Gasteiger partial charge in [0.25, 0.3) is 5.91 Å². The number of rotatable bonds is 6. The summed E-state index contributed by atoms with van der Waals surface area (Å²) in [4.78, 5) is 52.4. The summed E-state index contributed by atoms with van der Waals surface area (Å²) in [5, 5.41) is 2.11. The minimum absolute atomic E-state index is 0.124. The van der Waals surface area contributed by atoms with E-state index in [1.54, 1.807) is 12.1 Å². The van der Waals surface area contributed by atoms with Crippen molar-refractivity contribution in [1.29, 1.82) is 0 Å². The Morgan fingerprint density at radius 1 is 1.00 bits per heavy atom. The molecule has 3 amide bonds. The van der Waals surface area contributed by atoms with E-state index in [4.69, 9.17) is 27.9 Å². The Labute approximate surface area is 212 Å². The van der Waals surface area contributed by atoms with Gasteiger partial charge in [0.15, 0.2) is 6.61 Å². The summed E-state index contributed by atoms with van der Waals surface area (Å²) in [5.74, 6) is -2.98. The lowest BCUT2D eigenvalue weighted by molar-refractivity contribution is -0.125. The summed E-state index contributed by atoms with van der Waals surface area (Å²) in [5.41, 5.74) is 1.36. The molecule has 1 heterocycles. The normalized spacial score (nSPS) is 29.7. The Hall–Kier alpha value is -2.90. The van der Waals surface area contributed by atoms with Crippen molar-refractivity contribution < 1.29 is 23.9 Å². The Kier molecular flexibility index (Phi) is 6.32. The van der Waals surface area contributed by atoms with Crippen molar-refractivity contribution in [3.8, 4) is 0 Å². The van der Waals surface area contributed by atoms with Crippen molar-refractivity contribution in [2.75, 3.05) is 11.5 Å². The van der Waals surface area contributed by atoms with E-state index in [2.05, 4.69) is 5.32 Å². The first kappa shape index (κ1) is 23.8. The Morgan fingerprint density at radius 3 is 2.26 bits per heavy atom. The lowest BCUT2D eigenvalue weighted by Gasteiger charge is -2.28. The molecular formula is C26H24Cl2N2O5. The molecule has 1 saturated heterocycles. The molecule has 2 bridgehead atoms. The van der Waals surface area contributed by atoms with Crippen LogP contribution in [0.5, 0.6) is 0 Å². The maximum absolute atomic E-state index is 13.2. The molecule has 2 saturated carbocycles. The van der Waals surface area contributed by atoms with Crippen LogP contribution in [0.1, 0.15) is 35.3 Å². The lowest BCUT2D eigenvalue weighted by Crippen LogP contribution is -2.37. The maximum Gasteiger partial charge on any atom is 0.338 e. The van der Waals surface area contributed by atoms with Crippen LogP contribution in [-0.2, 0) is 19.1 Å². The molecule has 182 valence electrons. The predicted octanol–water partition coefficient (Wildman–Crippen LogP) is 3.69. The van der Waals surface area contributed by atoms with Crippen LogP contribution in [0.3, 0.4) is 0 Å². The largest absolute Gasteiger partial charge is 0.452 e. The molecule has 7 atom stereocenters. The first-order chi connectivity index (χ1) is 16.8. The van der Waals surface area contributed by atoms with Crippen LogP contribution in [0.2, 0.25) is 0 Å². The van der Waals surface area contributed by atoms with Gasteiger partial charge in [-0.1, -0.05) is 36.4 Å². The number of halogens is 2. The average Bonchev–Trinajstić information content (AvgIpc) is 3.47. The third-order valence-electron chi connectivity index (χ3n) is 7.34. The van der Waals surface area contributed by atoms with Gasteiger partial charge in [-0.15, -0.1) is 23.2 Å². The fraction of sp³-hybridized carbons (Fsp3) is 0.385. The number of carbonyl (C=O) groups is 4. The van der Waals surface area contributed by atoms with E-state index in [0.29, 0.717) is 12.1 Å². The third-order valence-corrected chi connectivity index (χ3v) is 8.66. The van der Waals surface area contributed by atoms with Crippen molar-refractivity contribution in [2.45, 2.75) is 30.1 Å². The van der Waals surface area contributed by atoms with Gasteiger partial charge in [0.2, 0.25) is 11.8 Å². The molecule has 1 aliphatic heterocycles. The zero-order chi connectivity index (χ0) is 24.9. The summed E-state index contributed by atoms with van der Waals surface area (Å²) in [7, 11) is 0. The number of alkyl halides is 2. The van der Waals surface area contributed by atoms with Gasteiger partial charge in [0.1, 0.15) is 0 Å². The minimum Gasteiger partial charge on any atom is -0.452 e. The quantitative estimate of drug-likeness (QED) is 0.360. The minimum atomic E-state index is -0.727. The van der Waals surface area contributed by atoms with Crippen molar-refractivity contribution in [3.05, 3.63) is 65.7 Å². The van der Waals surface area contributed by atoms with Crippen LogP contribution in [0.15, 0.2) is 54.6 Å². The Balaban J connectivity index is 1.24. The van der Waals surface area contributed by atoms with E-state index >= 15 is 0 Å². The Morgan fingerprint density at radius 2 is 1.63 bits per heavy atom. The van der Waals surface area contributed by atoms with Crippen LogP contribution in [0, 0.1) is 23.7 Å². The standard InChI is InChI=1S/C26H24Cl2N2O5/c1-13(14-6-3-2-4-7-14)29-19(31)12-35-26(34)15-8-5-9-16(10-15)30-24(32)20-17-11-18(21(20)25(30)33)23(28)22(17)27/h2-10,13,17-18,20-23H,11-12H2,1H3,(H,29,31)/t13-,17+,18+,20-,21+,22-,23+/m0/s1. The summed E-state index contributed by atoms with van der Waals surface area (Å²) in [6.45, 7) is 1.38. The number of anilines is 1. The number of imide groups is 1. The number of carbonyl (C=O) groups excluding carboxylic acids is 4. The molecule has 9 heteroatoms. The number of hydrogen-bond donors (Lipinski definition) is 1. The Bertz CT molecular complexity index is 1160. The van der Waals surface area contributed by atoms with E-state index in [1.807, 2.05) is 37.3 Å². The second-order valence-electron chi connectivity index (χ2n) is 9.34. The van der Waals surface area contributed by atoms with Gasteiger partial charge >= 0.3 is 5.97 Å². The van der Waals surface area contributed by atoms with E-state index in [-0.39, 0.29) is 46.0 Å². The highest BCUT2D eigenvalue weighted by molar-refractivity contribution is 6.32. The lowest BCUT2D eigenvalue weighted by atomic mass is 9.80. The van der Waals surface area contributed by atoms with Gasteiger partial charge in [-0.3, -0.25) is 19.3 Å². The van der Waals surface area contributed by atoms with Gasteiger partial charge in [-0.25, -0.2) is 4.79 Å². The summed E-state index contributed by atoms with van der Waals surface area (Å²) < 4.78 is 5.17. The molecule has 5 rings (SSSR count).